The molecule has 13 fully saturated rings. The van der Waals surface area contributed by atoms with Gasteiger partial charge in [0.25, 0.3) is 0 Å². The quantitative estimate of drug-likeness (QED) is 0.0604. The molecular formula is C77H154Fe2O26P4S2-2. The van der Waals surface area contributed by atoms with Crippen LogP contribution in [0.25, 0.3) is 0 Å². The molecule has 9 saturated heterocycles. The first-order chi connectivity index (χ1) is 49.6. The summed E-state index contributed by atoms with van der Waals surface area (Å²) >= 11 is 0. The fourth-order valence-electron chi connectivity index (χ4n) is 16.5. The van der Waals surface area contributed by atoms with Gasteiger partial charge >= 0.3 is 20.8 Å². The van der Waals surface area contributed by atoms with Crippen LogP contribution in [0.4, 0.5) is 0 Å². The molecule has 9 aliphatic heterocycles. The molecule has 0 amide bonds. The summed E-state index contributed by atoms with van der Waals surface area (Å²) in [5.41, 5.74) is 6.84. The summed E-state index contributed by atoms with van der Waals surface area (Å²) in [5.74, 6) is -2.91. The van der Waals surface area contributed by atoms with Gasteiger partial charge in [0, 0.05) is 56.8 Å². The molecule has 0 bridgehead atoms. The second-order valence-electron chi connectivity index (χ2n) is 32.6. The Hall–Kier alpha value is 1.78. The maximum Gasteiger partial charge on any atom is 0.400 e. The van der Waals surface area contributed by atoms with Crippen molar-refractivity contribution in [2.75, 3.05) is 13.2 Å². The van der Waals surface area contributed by atoms with Crippen LogP contribution < -0.4 is 0 Å². The van der Waals surface area contributed by atoms with Crippen molar-refractivity contribution in [3.63, 3.8) is 0 Å². The third-order valence-electron chi connectivity index (χ3n) is 21.3. The van der Waals surface area contributed by atoms with E-state index in [4.69, 9.17) is 94.7 Å². The Morgan fingerprint density at radius 3 is 0.703 bits per heavy atom. The Morgan fingerprint density at radius 1 is 0.351 bits per heavy atom. The molecule has 668 valence electrons. The van der Waals surface area contributed by atoms with E-state index in [0.29, 0.717) is 24.4 Å². The normalized spacial score (nSPS) is 38.1. The van der Waals surface area contributed by atoms with Gasteiger partial charge in [-0.2, -0.15) is 16.8 Å². The molecule has 13 aliphatic rings. The number of hydrogen-bond donors (Lipinski definition) is 8. The first-order valence-electron chi connectivity index (χ1n) is 39.9. The minimum atomic E-state index is -3.96. The summed E-state index contributed by atoms with van der Waals surface area (Å²) in [6, 6.07) is 0. The van der Waals surface area contributed by atoms with Crippen molar-refractivity contribution in [3.8, 4) is 0 Å². The topological polar surface area (TPSA) is 359 Å². The van der Waals surface area contributed by atoms with Gasteiger partial charge in [0.05, 0.1) is 49.8 Å². The molecule has 0 aromatic heterocycles. The molecule has 0 spiro atoms. The summed E-state index contributed by atoms with van der Waals surface area (Å²) in [6.07, 6.45) is 11.9. The number of aliphatic hydroxyl groups is 8. The number of aliphatic hydroxyl groups excluding tert-OH is 8. The third-order valence-corrected chi connectivity index (χ3v) is 32.4. The summed E-state index contributed by atoms with van der Waals surface area (Å²) < 4.78 is 123. The molecule has 111 heavy (non-hydrogen) atoms. The molecule has 9 heterocycles. The van der Waals surface area contributed by atoms with E-state index in [-0.39, 0.29) is 76.4 Å². The standard InChI is InChI=1S/2C14H25O2P.2C9H16O6S.C9H18O4.C6H14O6.2C5H11P.2C2H6.2CH3.2Fe/c2*1-9-12-13(16-14(3,4)15-12)10(2)17(9)11-7-5-6-8-11;2*1-5-7-8(13-9(3,4)12-7)6(2)15-16(10,11)14-5;1-5(10)7-8(6(2)11)13-9(3,4)12-7;7-1-3(9)5(11)6(12)4(10)2-8;2*6-5-3-1-2-4-5;2*1-2;;;;/h2*9-13H,5-8H2,1-4H3;2*5-8H,1-4H3;5-8,10-11H,1-4H3;3-12H,1-2H2;2*5H,1-4,6H2;2*1-2H3;2*1H3;;/q;;;;;;;;;;2*-1;;/t2*9-,10-,12+,13+;3*5-,6-,7-,8-;3-,4-,5-,6-;;;;;;;;/m001111......../s1. The molecule has 26 atom stereocenters. The number of hydrogen-bond acceptors (Lipinski definition) is 26. The third kappa shape index (κ3) is 33.8. The fourth-order valence-corrected chi connectivity index (χ4v) is 27.8. The van der Waals surface area contributed by atoms with Gasteiger partial charge in [0.1, 0.15) is 85.5 Å². The SMILES string of the molecule is CC.CC.C[C@@H](O)[C@H]1OC(C)(C)O[C@@H]1[C@@H](C)O.C[C@H]1OS(=O)(=O)O[C@H](C)[C@H]2OC(C)(C)O[C@@H]21.C[C@H]1OS(=O)(=O)O[C@H](C)[C@H]2OC(C)(C)O[C@@H]21.C[C@H]1[C@H]2OC(C)(C)O[C@@H]2[C@H](C)P1C1CCCC1.C[C@H]1[C@H]2OC(C)(C)O[C@@H]2[C@H](C)P1C1CCCC1.OC[C@@H](O)[C@@H](O)[C@H](O)[C@H](O)CO.PC1CCCC1.PC1CCCC1.[CH3-].[CH3-].[Fe].[Fe]. The van der Waals surface area contributed by atoms with E-state index in [0.717, 1.165) is 45.3 Å². The van der Waals surface area contributed by atoms with Crippen LogP contribution in [-0.2, 0) is 119 Å². The number of fused-ring (bicyclic) bond motifs is 4. The van der Waals surface area contributed by atoms with Crippen LogP contribution in [0.15, 0.2) is 0 Å². The van der Waals surface area contributed by atoms with E-state index >= 15 is 0 Å². The first kappa shape index (κ1) is 113. The van der Waals surface area contributed by atoms with Crippen LogP contribution in [0, 0.1) is 14.9 Å². The maximum atomic E-state index is 11.3. The molecule has 13 rings (SSSR count). The minimum absolute atomic E-state index is 0. The van der Waals surface area contributed by atoms with E-state index in [1.807, 2.05) is 27.7 Å². The zero-order valence-electron chi connectivity index (χ0n) is 71.9. The Labute approximate surface area is 699 Å². The van der Waals surface area contributed by atoms with Gasteiger partial charge in [-0.25, -0.2) is 16.7 Å². The molecule has 4 saturated carbocycles. The smallest absolute Gasteiger partial charge is 0.394 e. The molecule has 0 radical (unpaired) electrons. The van der Waals surface area contributed by atoms with E-state index in [1.165, 1.54) is 103 Å². The van der Waals surface area contributed by atoms with Crippen LogP contribution in [0.3, 0.4) is 0 Å². The van der Waals surface area contributed by atoms with E-state index in [1.54, 1.807) is 83.1 Å². The van der Waals surface area contributed by atoms with E-state index < -0.39 is 149 Å². The largest absolute Gasteiger partial charge is 0.400 e. The van der Waals surface area contributed by atoms with Crippen molar-refractivity contribution in [2.45, 2.75) is 465 Å². The average molecular weight is 1800 g/mol. The van der Waals surface area contributed by atoms with Gasteiger partial charge in [-0.3, -0.25) is 0 Å². The van der Waals surface area contributed by atoms with Crippen molar-refractivity contribution >= 4 is 55.1 Å². The van der Waals surface area contributed by atoms with Crippen LogP contribution in [-0.4, -0.2) is 267 Å². The van der Waals surface area contributed by atoms with Crippen LogP contribution >= 0.6 is 34.3 Å². The van der Waals surface area contributed by atoms with Gasteiger partial charge in [-0.1, -0.05) is 123 Å². The average Bonchev–Trinajstić information content (AvgIpc) is 1.60. The zero-order chi connectivity index (χ0) is 81.4. The Kier molecular flexibility index (Phi) is 50.7. The molecule has 8 N–H and O–H groups in total. The van der Waals surface area contributed by atoms with Gasteiger partial charge in [0.15, 0.2) is 28.9 Å². The molecule has 26 nitrogen and oxygen atoms in total. The van der Waals surface area contributed by atoms with Crippen LogP contribution in [0.5, 0.6) is 0 Å². The molecule has 0 aromatic carbocycles. The monoisotopic (exact) mass is 1790 g/mol. The Bertz CT molecular complexity index is 2490. The van der Waals surface area contributed by atoms with Crippen molar-refractivity contribution in [3.05, 3.63) is 14.9 Å². The summed E-state index contributed by atoms with van der Waals surface area (Å²) in [5, 5.41) is 71.0. The minimum Gasteiger partial charge on any atom is -0.394 e. The molecule has 34 heteroatoms. The Balaban J connectivity index is 0.00000125. The molecule has 2 unspecified atom stereocenters. The van der Waals surface area contributed by atoms with Gasteiger partial charge < -0.3 is 103 Å². The summed E-state index contributed by atoms with van der Waals surface area (Å²) in [6.45, 7) is 44.8. The fraction of sp³-hybridized carbons (Fsp3) is 0.974. The van der Waals surface area contributed by atoms with Crippen molar-refractivity contribution in [1.82, 2.24) is 0 Å². The number of rotatable bonds is 9. The zero-order valence-corrected chi connectivity index (χ0v) is 79.8. The summed E-state index contributed by atoms with van der Waals surface area (Å²) in [7, 11) is -1.96. The van der Waals surface area contributed by atoms with Gasteiger partial charge in [-0.15, -0.1) is 18.5 Å². The number of ether oxygens (including phenoxy) is 10. The molecular weight excluding hydrogens is 1640 g/mol. The second kappa shape index (κ2) is 49.9. The van der Waals surface area contributed by atoms with E-state index in [2.05, 4.69) is 73.9 Å². The van der Waals surface area contributed by atoms with Gasteiger partial charge in [0.2, 0.25) is 0 Å². The van der Waals surface area contributed by atoms with Crippen molar-refractivity contribution in [2.24, 2.45) is 0 Å². The van der Waals surface area contributed by atoms with Gasteiger partial charge in [-0.05, 0) is 185 Å². The van der Waals surface area contributed by atoms with Crippen molar-refractivity contribution < 1.29 is 156 Å². The summed E-state index contributed by atoms with van der Waals surface area (Å²) in [4.78, 5) is 0. The van der Waals surface area contributed by atoms with E-state index in [9.17, 15) is 27.0 Å². The Morgan fingerprint density at radius 2 is 0.532 bits per heavy atom. The van der Waals surface area contributed by atoms with Crippen molar-refractivity contribution in [1.29, 1.82) is 0 Å². The first-order valence-corrected chi connectivity index (χ1v) is 47.0. The van der Waals surface area contributed by atoms with Crippen LogP contribution in [0.2, 0.25) is 0 Å². The second-order valence-corrected chi connectivity index (χ2v) is 43.4. The maximum absolute atomic E-state index is 11.3. The predicted molar refractivity (Wildman–Crippen MR) is 436 cm³/mol. The molecule has 0 aromatic rings. The molecule has 4 aliphatic carbocycles. The predicted octanol–water partition coefficient (Wildman–Crippen LogP) is 11.8. The van der Waals surface area contributed by atoms with Crippen LogP contribution in [0.1, 0.15) is 269 Å².